The molecule has 0 fully saturated rings. The Morgan fingerprint density at radius 2 is 0.968 bits per heavy atom. The largest absolute Gasteiger partial charge is 0.301 e. The lowest BCUT2D eigenvalue weighted by atomic mass is 10.2. The van der Waals surface area contributed by atoms with Crippen molar-refractivity contribution >= 4 is 33.6 Å². The van der Waals surface area contributed by atoms with Crippen LogP contribution in [0.25, 0.3) is 33.4 Å². The summed E-state index contributed by atoms with van der Waals surface area (Å²) in [5, 5.41) is 4.24. The second kappa shape index (κ2) is 7.45. The molecule has 31 heavy (non-hydrogen) atoms. The predicted molar refractivity (Wildman–Crippen MR) is 126 cm³/mol. The molecule has 6 rings (SSSR count). The molecule has 0 unspecified atom stereocenters. The zero-order chi connectivity index (χ0) is 20.6. The fraction of sp³-hybridized carbons (Fsp3) is 0. The molecule has 5 heteroatoms. The number of rotatable bonds is 4. The third-order valence-electron chi connectivity index (χ3n) is 5.32. The van der Waals surface area contributed by atoms with E-state index in [-0.39, 0.29) is 0 Å². The fourth-order valence-electron chi connectivity index (χ4n) is 3.86. The average Bonchev–Trinajstić information content (AvgIpc) is 3.44. The molecule has 0 aliphatic heterocycles. The number of benzene rings is 2. The molecule has 0 N–H and O–H groups in total. The summed E-state index contributed by atoms with van der Waals surface area (Å²) in [6, 6.07) is 33.1. The molecule has 0 bridgehead atoms. The van der Waals surface area contributed by atoms with Crippen molar-refractivity contribution < 1.29 is 0 Å². The van der Waals surface area contributed by atoms with Crippen LogP contribution in [0.3, 0.4) is 0 Å². The van der Waals surface area contributed by atoms with Crippen molar-refractivity contribution in [1.82, 2.24) is 19.1 Å². The summed E-state index contributed by atoms with van der Waals surface area (Å²) < 4.78 is 4.24. The van der Waals surface area contributed by atoms with Crippen LogP contribution in [0.5, 0.6) is 0 Å². The summed E-state index contributed by atoms with van der Waals surface area (Å²) in [5.74, 6) is 1.80. The summed E-state index contributed by atoms with van der Waals surface area (Å²) >= 11 is 1.57. The van der Waals surface area contributed by atoms with Gasteiger partial charge in [0.05, 0.1) is 11.0 Å². The Bertz CT molecular complexity index is 1410. The molecule has 4 heterocycles. The smallest absolute Gasteiger partial charge is 0.138 e. The lowest BCUT2D eigenvalue weighted by Crippen LogP contribution is -1.98. The van der Waals surface area contributed by atoms with E-state index in [0.717, 1.165) is 32.7 Å². The molecule has 4 aromatic heterocycles. The van der Waals surface area contributed by atoms with Gasteiger partial charge in [0, 0.05) is 12.4 Å². The van der Waals surface area contributed by atoms with Gasteiger partial charge in [-0.25, -0.2) is 9.97 Å². The fourth-order valence-corrected chi connectivity index (χ4v) is 4.65. The quantitative estimate of drug-likeness (QED) is 0.327. The first kappa shape index (κ1) is 18.0. The van der Waals surface area contributed by atoms with Gasteiger partial charge in [0.25, 0.3) is 0 Å². The van der Waals surface area contributed by atoms with Crippen molar-refractivity contribution in [2.45, 2.75) is 10.1 Å². The van der Waals surface area contributed by atoms with Gasteiger partial charge in [0.1, 0.15) is 21.7 Å². The van der Waals surface area contributed by atoms with Crippen LogP contribution in [0, 0.1) is 0 Å². The molecule has 0 saturated heterocycles. The summed E-state index contributed by atoms with van der Waals surface area (Å²) in [4.78, 5) is 9.76. The SMILES string of the molecule is c1cc(Sc2cccc(-n3ccc4ccccc43)n2)nc(-n2ccc3ccccc32)c1. The molecular formula is C26H18N4S. The molecule has 4 nitrogen and oxygen atoms in total. The number of hydrogen-bond donors (Lipinski definition) is 0. The highest BCUT2D eigenvalue weighted by atomic mass is 32.2. The molecule has 0 saturated carbocycles. The molecule has 6 aromatic rings. The number of nitrogens with zero attached hydrogens (tertiary/aromatic N) is 4. The third kappa shape index (κ3) is 3.29. The van der Waals surface area contributed by atoms with E-state index in [1.807, 2.05) is 36.4 Å². The lowest BCUT2D eigenvalue weighted by molar-refractivity contribution is 0.969. The van der Waals surface area contributed by atoms with Crippen LogP contribution >= 0.6 is 11.8 Å². The normalized spacial score (nSPS) is 11.4. The Hall–Kier alpha value is -3.83. The minimum Gasteiger partial charge on any atom is -0.301 e. The van der Waals surface area contributed by atoms with Gasteiger partial charge in [-0.2, -0.15) is 0 Å². The number of aromatic nitrogens is 4. The van der Waals surface area contributed by atoms with Crippen molar-refractivity contribution in [2.75, 3.05) is 0 Å². The molecule has 0 radical (unpaired) electrons. The monoisotopic (exact) mass is 418 g/mol. The van der Waals surface area contributed by atoms with Crippen LogP contribution in [0.4, 0.5) is 0 Å². The van der Waals surface area contributed by atoms with Gasteiger partial charge in [0.15, 0.2) is 0 Å². The van der Waals surface area contributed by atoms with Crippen molar-refractivity contribution in [3.05, 3.63) is 109 Å². The van der Waals surface area contributed by atoms with Gasteiger partial charge in [-0.3, -0.25) is 0 Å². The average molecular weight is 419 g/mol. The van der Waals surface area contributed by atoms with Crippen molar-refractivity contribution in [3.63, 3.8) is 0 Å². The predicted octanol–water partition coefficient (Wildman–Crippen LogP) is 6.52. The van der Waals surface area contributed by atoms with E-state index in [4.69, 9.17) is 9.97 Å². The van der Waals surface area contributed by atoms with Crippen LogP contribution in [-0.4, -0.2) is 19.1 Å². The van der Waals surface area contributed by atoms with E-state index in [1.165, 1.54) is 10.8 Å². The zero-order valence-electron chi connectivity index (χ0n) is 16.6. The van der Waals surface area contributed by atoms with Crippen molar-refractivity contribution in [2.24, 2.45) is 0 Å². The number of fused-ring (bicyclic) bond motifs is 2. The molecule has 0 atom stereocenters. The molecule has 0 aliphatic rings. The maximum atomic E-state index is 4.88. The Kier molecular flexibility index (Phi) is 4.32. The summed E-state index contributed by atoms with van der Waals surface area (Å²) in [5.41, 5.74) is 2.30. The maximum Gasteiger partial charge on any atom is 0.138 e. The van der Waals surface area contributed by atoms with Crippen LogP contribution in [0.1, 0.15) is 0 Å². The Balaban J connectivity index is 1.34. The van der Waals surface area contributed by atoms with Crippen LogP contribution in [-0.2, 0) is 0 Å². The highest BCUT2D eigenvalue weighted by molar-refractivity contribution is 7.99. The van der Waals surface area contributed by atoms with E-state index >= 15 is 0 Å². The first-order valence-corrected chi connectivity index (χ1v) is 10.9. The minimum atomic E-state index is 0.902. The summed E-state index contributed by atoms with van der Waals surface area (Å²) in [6.45, 7) is 0. The lowest BCUT2D eigenvalue weighted by Gasteiger charge is -2.08. The van der Waals surface area contributed by atoms with Gasteiger partial charge in [-0.05, 0) is 71.1 Å². The summed E-state index contributed by atoms with van der Waals surface area (Å²) in [7, 11) is 0. The second-order valence-corrected chi connectivity index (χ2v) is 8.30. The van der Waals surface area contributed by atoms with Crippen LogP contribution in [0.2, 0.25) is 0 Å². The Morgan fingerprint density at radius 1 is 0.484 bits per heavy atom. The number of para-hydroxylation sites is 2. The first-order valence-electron chi connectivity index (χ1n) is 10.1. The standard InChI is InChI=1S/C26H18N4S/c1-3-9-21-19(7-1)15-17-29(21)23-11-5-13-25(27-23)31-26-14-6-12-24(28-26)30-18-16-20-8-2-4-10-22(20)30/h1-18H. The van der Waals surface area contributed by atoms with E-state index in [9.17, 15) is 0 Å². The van der Waals surface area contributed by atoms with E-state index < -0.39 is 0 Å². The topological polar surface area (TPSA) is 35.6 Å². The molecule has 0 spiro atoms. The highest BCUT2D eigenvalue weighted by Crippen LogP contribution is 2.28. The van der Waals surface area contributed by atoms with Crippen molar-refractivity contribution in [1.29, 1.82) is 0 Å². The number of pyridine rings is 2. The van der Waals surface area contributed by atoms with Gasteiger partial charge < -0.3 is 9.13 Å². The molecule has 0 aliphatic carbocycles. The Morgan fingerprint density at radius 3 is 1.48 bits per heavy atom. The molecular weight excluding hydrogens is 400 g/mol. The Labute approximate surface area is 183 Å². The minimum absolute atomic E-state index is 0.902. The molecule has 148 valence electrons. The van der Waals surface area contributed by atoms with Gasteiger partial charge in [-0.15, -0.1) is 0 Å². The summed E-state index contributed by atoms with van der Waals surface area (Å²) in [6.07, 6.45) is 4.13. The third-order valence-corrected chi connectivity index (χ3v) is 6.19. The van der Waals surface area contributed by atoms with Crippen molar-refractivity contribution in [3.8, 4) is 11.6 Å². The van der Waals surface area contributed by atoms with Crippen LogP contribution in [0.15, 0.2) is 120 Å². The second-order valence-electron chi connectivity index (χ2n) is 7.26. The highest BCUT2D eigenvalue weighted by Gasteiger charge is 2.08. The maximum absolute atomic E-state index is 4.88. The van der Waals surface area contributed by atoms with Gasteiger partial charge in [0.2, 0.25) is 0 Å². The van der Waals surface area contributed by atoms with E-state index in [2.05, 4.69) is 82.2 Å². The zero-order valence-corrected chi connectivity index (χ0v) is 17.4. The van der Waals surface area contributed by atoms with E-state index in [1.54, 1.807) is 11.8 Å². The van der Waals surface area contributed by atoms with Crippen LogP contribution < -0.4 is 0 Å². The molecule has 2 aromatic carbocycles. The number of hydrogen-bond acceptors (Lipinski definition) is 3. The van der Waals surface area contributed by atoms with Gasteiger partial charge >= 0.3 is 0 Å². The first-order chi connectivity index (χ1) is 15.3. The molecule has 0 amide bonds. The van der Waals surface area contributed by atoms with E-state index in [0.29, 0.717) is 0 Å². The van der Waals surface area contributed by atoms with Gasteiger partial charge in [-0.1, -0.05) is 48.5 Å².